The molecule has 4 nitrogen and oxygen atoms in total. The Morgan fingerprint density at radius 1 is 0.244 bits per heavy atom. The molecule has 0 N–H and O–H groups in total. The van der Waals surface area contributed by atoms with Crippen LogP contribution >= 0.6 is 0 Å². The van der Waals surface area contributed by atoms with E-state index in [0.717, 1.165) is 11.4 Å². The van der Waals surface area contributed by atoms with Crippen LogP contribution in [0.15, 0.2) is 243 Å². The Kier molecular flexibility index (Phi) is 9.31. The smallest absolute Gasteiger partial charge is 0.0627 e. The topological polar surface area (TPSA) is 18.7 Å². The molecule has 86 heavy (non-hydrogen) atoms. The fourth-order valence-corrected chi connectivity index (χ4v) is 15.6. The van der Waals surface area contributed by atoms with Crippen LogP contribution in [-0.4, -0.2) is 17.9 Å². The minimum absolute atomic E-state index is 0.107. The molecule has 4 heteroatoms. The predicted molar refractivity (Wildman–Crippen MR) is 368 cm³/mol. The van der Waals surface area contributed by atoms with Crippen molar-refractivity contribution in [3.8, 4) is 33.6 Å². The lowest BCUT2D eigenvalue weighted by Crippen LogP contribution is -2.11. The van der Waals surface area contributed by atoms with Crippen LogP contribution in [0.4, 0.5) is 0 Å². The molecule has 0 amide bonds. The molecule has 13 aromatic carbocycles. The largest absolute Gasteiger partial charge is 0.309 e. The number of benzene rings is 13. The molecule has 0 saturated carbocycles. The lowest BCUT2D eigenvalue weighted by atomic mass is 9.83. The van der Waals surface area contributed by atoms with Crippen LogP contribution in [0.1, 0.15) is 52.7 Å². The Morgan fingerprint density at radius 2 is 0.616 bits per heavy atom. The summed E-state index contributed by atoms with van der Waals surface area (Å²) in [5, 5.41) is 20.4. The first-order chi connectivity index (χ1) is 41.9. The van der Waals surface area contributed by atoms with Gasteiger partial charge in [0.05, 0.1) is 55.2 Å². The van der Waals surface area contributed by atoms with Gasteiger partial charge in [-0.2, -0.15) is 0 Å². The van der Waals surface area contributed by atoms with Crippen molar-refractivity contribution in [2.75, 3.05) is 0 Å². The van der Waals surface area contributed by atoms with E-state index in [0.29, 0.717) is 0 Å². The van der Waals surface area contributed by atoms with Crippen molar-refractivity contribution in [3.63, 3.8) is 0 Å². The number of nitrogens with zero attached hydrogens (tertiary/aromatic N) is 4. The highest BCUT2D eigenvalue weighted by Crippen LogP contribution is 2.52. The minimum atomic E-state index is -0.115. The van der Waals surface area contributed by atoms with E-state index in [1.54, 1.807) is 0 Å². The van der Waals surface area contributed by atoms with Gasteiger partial charge in [-0.25, -0.2) is 0 Å². The maximum atomic E-state index is 2.68. The number of para-hydroxylation sites is 4. The van der Waals surface area contributed by atoms with Gasteiger partial charge in [0.1, 0.15) is 0 Å². The highest BCUT2D eigenvalue weighted by atomic mass is 15.0. The first-order valence-electron chi connectivity index (χ1n) is 30.4. The van der Waals surface area contributed by atoms with E-state index in [1.807, 2.05) is 0 Å². The van der Waals surface area contributed by atoms with Crippen LogP contribution in [0.2, 0.25) is 0 Å². The van der Waals surface area contributed by atoms with Crippen molar-refractivity contribution < 1.29 is 0 Å². The van der Waals surface area contributed by atoms with Crippen LogP contribution in [-0.2, 0) is 10.8 Å². The van der Waals surface area contributed by atoms with Gasteiger partial charge >= 0.3 is 0 Å². The van der Waals surface area contributed by atoms with Crippen molar-refractivity contribution >= 4 is 141 Å². The van der Waals surface area contributed by atoms with Crippen LogP contribution in [0.3, 0.4) is 0 Å². The van der Waals surface area contributed by atoms with E-state index in [2.05, 4.69) is 302 Å². The molecular weight excluding hydrogens is 1040 g/mol. The van der Waals surface area contributed by atoms with E-state index in [-0.39, 0.29) is 10.8 Å². The zero-order chi connectivity index (χ0) is 57.2. The SMILES string of the molecule is CC(C)(C)c1cc(-c2ccc3c(c2)c2ccccc2n3-c2ccccc2)c2c(c1)c1cc3ccccc3c3c4cc5c(cc4n2c13)c1cc2ccccc2c2c3cc(C(C)(C)C)cc(-c4ccc6c(c4)c4ccccc4n6-c4ccccc4)c3n5c12. The van der Waals surface area contributed by atoms with Gasteiger partial charge in [0.25, 0.3) is 0 Å². The van der Waals surface area contributed by atoms with Gasteiger partial charge in [0, 0.05) is 87.1 Å². The molecule has 0 bridgehead atoms. The van der Waals surface area contributed by atoms with Crippen LogP contribution in [0.5, 0.6) is 0 Å². The number of hydrogen-bond acceptors (Lipinski definition) is 0. The maximum Gasteiger partial charge on any atom is 0.0627 e. The molecule has 0 aliphatic rings. The lowest BCUT2D eigenvalue weighted by Gasteiger charge is -2.21. The summed E-state index contributed by atoms with van der Waals surface area (Å²) in [6, 6.07) is 92.3. The third-order valence-corrected chi connectivity index (χ3v) is 19.6. The molecule has 0 saturated heterocycles. The van der Waals surface area contributed by atoms with E-state index in [1.165, 1.54) is 175 Å². The second-order valence-electron chi connectivity index (χ2n) is 26.5. The Labute approximate surface area is 496 Å². The van der Waals surface area contributed by atoms with E-state index >= 15 is 0 Å². The molecule has 406 valence electrons. The highest BCUT2D eigenvalue weighted by Gasteiger charge is 2.30. The number of fused-ring (bicyclic) bond motifs is 22. The van der Waals surface area contributed by atoms with Gasteiger partial charge in [-0.3, -0.25) is 0 Å². The van der Waals surface area contributed by atoms with Gasteiger partial charge in [-0.1, -0.05) is 175 Å². The second-order valence-corrected chi connectivity index (χ2v) is 26.5. The Morgan fingerprint density at radius 3 is 1.13 bits per heavy atom. The fraction of sp³-hybridized carbons (Fsp3) is 0.0976. The van der Waals surface area contributed by atoms with Gasteiger partial charge in [-0.05, 0) is 164 Å². The number of aromatic nitrogens is 4. The van der Waals surface area contributed by atoms with Crippen LogP contribution in [0.25, 0.3) is 175 Å². The molecule has 0 aliphatic carbocycles. The third-order valence-electron chi connectivity index (χ3n) is 19.6. The summed E-state index contributed by atoms with van der Waals surface area (Å²) in [6.45, 7) is 14.2. The van der Waals surface area contributed by atoms with Crippen LogP contribution in [0, 0.1) is 0 Å². The molecular formula is C82H58N4. The average Bonchev–Trinajstić information content (AvgIpc) is 1.52. The summed E-state index contributed by atoms with van der Waals surface area (Å²) >= 11 is 0. The maximum absolute atomic E-state index is 2.68. The van der Waals surface area contributed by atoms with Gasteiger partial charge in [-0.15, -0.1) is 0 Å². The lowest BCUT2D eigenvalue weighted by molar-refractivity contribution is 0.591. The van der Waals surface area contributed by atoms with E-state index in [9.17, 15) is 0 Å². The normalized spacial score (nSPS) is 13.0. The first-order valence-corrected chi connectivity index (χ1v) is 30.4. The molecule has 19 aromatic rings. The zero-order valence-electron chi connectivity index (χ0n) is 48.9. The molecule has 6 aromatic heterocycles. The van der Waals surface area contributed by atoms with Crippen LogP contribution < -0.4 is 0 Å². The molecule has 19 rings (SSSR count). The molecule has 0 radical (unpaired) electrons. The molecule has 6 heterocycles. The van der Waals surface area contributed by atoms with Crippen molar-refractivity contribution in [3.05, 3.63) is 254 Å². The number of rotatable bonds is 4. The Balaban J connectivity index is 0.964. The minimum Gasteiger partial charge on any atom is -0.309 e. The van der Waals surface area contributed by atoms with Crippen molar-refractivity contribution in [1.29, 1.82) is 0 Å². The highest BCUT2D eigenvalue weighted by molar-refractivity contribution is 6.37. The quantitative estimate of drug-likeness (QED) is 0.167. The summed E-state index contributed by atoms with van der Waals surface area (Å²) in [4.78, 5) is 0. The molecule has 0 fully saturated rings. The third kappa shape index (κ3) is 6.32. The second kappa shape index (κ2) is 16.7. The Bertz CT molecular complexity index is 6130. The first kappa shape index (κ1) is 48.0. The van der Waals surface area contributed by atoms with Crippen molar-refractivity contribution in [1.82, 2.24) is 17.9 Å². The summed E-state index contributed by atoms with van der Waals surface area (Å²) < 4.78 is 10.2. The fourth-order valence-electron chi connectivity index (χ4n) is 15.6. The van der Waals surface area contributed by atoms with Gasteiger partial charge in [0.2, 0.25) is 0 Å². The molecule has 0 atom stereocenters. The summed E-state index contributed by atoms with van der Waals surface area (Å²) in [5.74, 6) is 0. The number of hydrogen-bond donors (Lipinski definition) is 0. The molecule has 0 aliphatic heterocycles. The molecule has 0 spiro atoms. The van der Waals surface area contributed by atoms with E-state index in [4.69, 9.17) is 0 Å². The standard InChI is InChI=1S/C82H58N4/c1-81(2,3)51-41-59(49-33-35-71-61(37-49)57-29-17-19-31-69(57)83(71)53-23-9-7-10-24-53)77-66(43-51)65-40-48-22-13-15-27-55(48)75-67-46-73-63(45-74(67)86(77)80(65)75)64-39-47-21-14-16-28-56(47)76-68-44-52(82(4,5)6)42-60(78(68)85(73)79(64)76)50-34-36-72-62(38-50)58-30-18-20-32-70(58)84(72)54-25-11-8-12-26-54/h7-46H,1-6H3. The van der Waals surface area contributed by atoms with Crippen molar-refractivity contribution in [2.24, 2.45) is 0 Å². The Hall–Kier alpha value is -10.4. The van der Waals surface area contributed by atoms with Gasteiger partial charge < -0.3 is 17.9 Å². The predicted octanol–water partition coefficient (Wildman–Crippen LogP) is 22.4. The monoisotopic (exact) mass is 1100 g/mol. The summed E-state index contributed by atoms with van der Waals surface area (Å²) in [5.41, 5.74) is 22.0. The average molecular weight is 1100 g/mol. The van der Waals surface area contributed by atoms with Gasteiger partial charge in [0.15, 0.2) is 0 Å². The molecule has 0 unspecified atom stereocenters. The van der Waals surface area contributed by atoms with Crippen molar-refractivity contribution in [2.45, 2.75) is 52.4 Å². The van der Waals surface area contributed by atoms with E-state index < -0.39 is 0 Å². The summed E-state index contributed by atoms with van der Waals surface area (Å²) in [7, 11) is 0. The summed E-state index contributed by atoms with van der Waals surface area (Å²) in [6.07, 6.45) is 0. The zero-order valence-corrected chi connectivity index (χ0v) is 48.9.